The Bertz CT molecular complexity index is 363. The average molecular weight is 220 g/mol. The predicted molar refractivity (Wildman–Crippen MR) is 67.1 cm³/mol. The molecule has 0 heterocycles. The zero-order chi connectivity index (χ0) is 12.4. The second-order valence-electron chi connectivity index (χ2n) is 5.17. The van der Waals surface area contributed by atoms with Crippen LogP contribution in [0, 0.1) is 5.41 Å². The van der Waals surface area contributed by atoms with Gasteiger partial charge in [0.15, 0.2) is 0 Å². The molecule has 0 aromatic heterocycles. The van der Waals surface area contributed by atoms with E-state index in [-0.39, 0.29) is 5.91 Å². The first-order chi connectivity index (χ1) is 7.25. The van der Waals surface area contributed by atoms with Gasteiger partial charge in [0.1, 0.15) is 0 Å². The van der Waals surface area contributed by atoms with Crippen molar-refractivity contribution >= 4 is 11.6 Å². The Labute approximate surface area is 97.0 Å². The molecule has 0 aliphatic heterocycles. The van der Waals surface area contributed by atoms with E-state index in [0.29, 0.717) is 0 Å². The zero-order valence-electron chi connectivity index (χ0n) is 10.4. The highest BCUT2D eigenvalue weighted by Gasteiger charge is 2.40. The maximum Gasteiger partial charge on any atom is 0.231 e. The molecule has 0 atom stereocenters. The lowest BCUT2D eigenvalue weighted by molar-refractivity contribution is -0.126. The Morgan fingerprint density at radius 3 is 2.06 bits per heavy atom. The molecule has 0 radical (unpaired) electrons. The van der Waals surface area contributed by atoms with Crippen molar-refractivity contribution in [2.24, 2.45) is 11.1 Å². The van der Waals surface area contributed by atoms with Gasteiger partial charge in [0.05, 0.1) is 5.41 Å². The van der Waals surface area contributed by atoms with E-state index in [2.05, 4.69) is 5.32 Å². The summed E-state index contributed by atoms with van der Waals surface area (Å²) in [6.07, 6.45) is 0. The monoisotopic (exact) mass is 220 g/mol. The number of benzene rings is 1. The van der Waals surface area contributed by atoms with E-state index in [9.17, 15) is 4.79 Å². The number of anilines is 1. The van der Waals surface area contributed by atoms with Crippen molar-refractivity contribution in [2.75, 3.05) is 5.32 Å². The van der Waals surface area contributed by atoms with E-state index in [0.717, 1.165) is 5.69 Å². The minimum atomic E-state index is -0.622. The zero-order valence-corrected chi connectivity index (χ0v) is 10.4. The third-order valence-electron chi connectivity index (χ3n) is 3.21. The molecule has 0 aliphatic carbocycles. The van der Waals surface area contributed by atoms with Crippen LogP contribution >= 0.6 is 0 Å². The van der Waals surface area contributed by atoms with Crippen LogP contribution < -0.4 is 11.1 Å². The molecule has 3 N–H and O–H groups in total. The topological polar surface area (TPSA) is 55.1 Å². The van der Waals surface area contributed by atoms with Crippen LogP contribution in [0.5, 0.6) is 0 Å². The number of hydrogen-bond acceptors (Lipinski definition) is 2. The van der Waals surface area contributed by atoms with Crippen molar-refractivity contribution in [3.63, 3.8) is 0 Å². The van der Waals surface area contributed by atoms with Crippen LogP contribution in [0.15, 0.2) is 30.3 Å². The van der Waals surface area contributed by atoms with Crippen molar-refractivity contribution in [3.8, 4) is 0 Å². The molecule has 1 aromatic rings. The van der Waals surface area contributed by atoms with Gasteiger partial charge >= 0.3 is 0 Å². The molecule has 0 aliphatic rings. The Morgan fingerprint density at radius 2 is 1.62 bits per heavy atom. The Balaban J connectivity index is 2.81. The number of carbonyl (C=O) groups excluding carboxylic acids is 1. The van der Waals surface area contributed by atoms with Gasteiger partial charge in [0.2, 0.25) is 5.91 Å². The van der Waals surface area contributed by atoms with Crippen LogP contribution in [0.3, 0.4) is 0 Å². The molecule has 0 spiro atoms. The van der Waals surface area contributed by atoms with Crippen LogP contribution in [0.1, 0.15) is 27.7 Å². The number of amides is 1. The minimum Gasteiger partial charge on any atom is -0.326 e. The fourth-order valence-electron chi connectivity index (χ4n) is 1.10. The summed E-state index contributed by atoms with van der Waals surface area (Å²) in [6, 6.07) is 9.40. The third kappa shape index (κ3) is 2.61. The van der Waals surface area contributed by atoms with E-state index in [1.165, 1.54) is 0 Å². The maximum absolute atomic E-state index is 12.1. The van der Waals surface area contributed by atoms with Gasteiger partial charge in [-0.05, 0) is 39.8 Å². The van der Waals surface area contributed by atoms with Gasteiger partial charge in [-0.3, -0.25) is 4.79 Å². The summed E-state index contributed by atoms with van der Waals surface area (Å²) in [5.41, 5.74) is 5.62. The van der Waals surface area contributed by atoms with Crippen molar-refractivity contribution in [2.45, 2.75) is 33.2 Å². The fraction of sp³-hybridized carbons (Fsp3) is 0.462. The SMILES string of the molecule is CC(C)(N)C(C)(C)C(=O)Nc1ccccc1. The summed E-state index contributed by atoms with van der Waals surface area (Å²) < 4.78 is 0. The Hall–Kier alpha value is -1.35. The molecule has 0 unspecified atom stereocenters. The lowest BCUT2D eigenvalue weighted by Gasteiger charge is -2.36. The average Bonchev–Trinajstić information content (AvgIpc) is 2.17. The lowest BCUT2D eigenvalue weighted by Crippen LogP contribution is -2.53. The Morgan fingerprint density at radius 1 is 1.12 bits per heavy atom. The van der Waals surface area contributed by atoms with E-state index in [4.69, 9.17) is 5.73 Å². The van der Waals surface area contributed by atoms with Crippen LogP contribution in [0.2, 0.25) is 0 Å². The van der Waals surface area contributed by atoms with E-state index in [1.807, 2.05) is 58.0 Å². The summed E-state index contributed by atoms with van der Waals surface area (Å²) >= 11 is 0. The van der Waals surface area contributed by atoms with Crippen molar-refractivity contribution in [1.82, 2.24) is 0 Å². The van der Waals surface area contributed by atoms with E-state index in [1.54, 1.807) is 0 Å². The maximum atomic E-state index is 12.1. The van der Waals surface area contributed by atoms with Gasteiger partial charge in [0.25, 0.3) is 0 Å². The van der Waals surface area contributed by atoms with Gasteiger partial charge in [0, 0.05) is 11.2 Å². The standard InChI is InChI=1S/C13H20N2O/c1-12(2,13(3,4)14)11(16)15-10-8-6-5-7-9-10/h5-9H,14H2,1-4H3,(H,15,16). The first kappa shape index (κ1) is 12.7. The second kappa shape index (κ2) is 4.26. The molecule has 3 heteroatoms. The molecule has 0 fully saturated rings. The predicted octanol–water partition coefficient (Wildman–Crippen LogP) is 2.39. The smallest absolute Gasteiger partial charge is 0.231 e. The van der Waals surface area contributed by atoms with Crippen LogP contribution in [-0.2, 0) is 4.79 Å². The van der Waals surface area contributed by atoms with E-state index < -0.39 is 11.0 Å². The Kier molecular flexibility index (Phi) is 3.38. The largest absolute Gasteiger partial charge is 0.326 e. The second-order valence-corrected chi connectivity index (χ2v) is 5.17. The van der Waals surface area contributed by atoms with Gasteiger partial charge in [-0.25, -0.2) is 0 Å². The molecule has 0 saturated carbocycles. The fourth-order valence-corrected chi connectivity index (χ4v) is 1.10. The normalized spacial score (nSPS) is 12.3. The number of nitrogens with one attached hydrogen (secondary N) is 1. The van der Waals surface area contributed by atoms with Crippen molar-refractivity contribution in [3.05, 3.63) is 30.3 Å². The molecule has 1 aromatic carbocycles. The summed E-state index contributed by atoms with van der Waals surface area (Å²) in [6.45, 7) is 7.42. The van der Waals surface area contributed by atoms with Crippen LogP contribution in [0.25, 0.3) is 0 Å². The molecular formula is C13H20N2O. The van der Waals surface area contributed by atoms with Gasteiger partial charge < -0.3 is 11.1 Å². The highest BCUT2D eigenvalue weighted by atomic mass is 16.2. The molecule has 88 valence electrons. The summed E-state index contributed by atoms with van der Waals surface area (Å²) in [5.74, 6) is -0.0637. The third-order valence-corrected chi connectivity index (χ3v) is 3.21. The quantitative estimate of drug-likeness (QED) is 0.821. The van der Waals surface area contributed by atoms with Crippen molar-refractivity contribution < 1.29 is 4.79 Å². The highest BCUT2D eigenvalue weighted by Crippen LogP contribution is 2.29. The molecule has 1 rings (SSSR count). The molecular weight excluding hydrogens is 200 g/mol. The number of para-hydroxylation sites is 1. The minimum absolute atomic E-state index is 0.0637. The van der Waals surface area contributed by atoms with Gasteiger partial charge in [-0.15, -0.1) is 0 Å². The molecule has 0 bridgehead atoms. The summed E-state index contributed by atoms with van der Waals surface area (Å²) in [7, 11) is 0. The lowest BCUT2D eigenvalue weighted by atomic mass is 9.74. The summed E-state index contributed by atoms with van der Waals surface area (Å²) in [5, 5.41) is 2.87. The van der Waals surface area contributed by atoms with E-state index >= 15 is 0 Å². The number of nitrogens with two attached hydrogens (primary N) is 1. The number of rotatable bonds is 3. The highest BCUT2D eigenvalue weighted by molar-refractivity contribution is 5.95. The molecule has 1 amide bonds. The molecule has 0 saturated heterocycles. The van der Waals surface area contributed by atoms with Crippen LogP contribution in [0.4, 0.5) is 5.69 Å². The molecule has 16 heavy (non-hydrogen) atoms. The van der Waals surface area contributed by atoms with Crippen molar-refractivity contribution in [1.29, 1.82) is 0 Å². The summed E-state index contributed by atoms with van der Waals surface area (Å²) in [4.78, 5) is 12.1. The first-order valence-corrected chi connectivity index (χ1v) is 5.40. The van der Waals surface area contributed by atoms with Crippen LogP contribution in [-0.4, -0.2) is 11.4 Å². The van der Waals surface area contributed by atoms with Gasteiger partial charge in [-0.1, -0.05) is 18.2 Å². The van der Waals surface area contributed by atoms with Gasteiger partial charge in [-0.2, -0.15) is 0 Å². The molecule has 3 nitrogen and oxygen atoms in total. The first-order valence-electron chi connectivity index (χ1n) is 5.40. The number of hydrogen-bond donors (Lipinski definition) is 2. The number of carbonyl (C=O) groups is 1.